The first-order chi connectivity index (χ1) is 10.2. The van der Waals surface area contributed by atoms with Crippen molar-refractivity contribution in [3.05, 3.63) is 63.8 Å². The summed E-state index contributed by atoms with van der Waals surface area (Å²) in [7, 11) is 0. The molecule has 0 spiro atoms. The van der Waals surface area contributed by atoms with Crippen molar-refractivity contribution in [3.63, 3.8) is 0 Å². The van der Waals surface area contributed by atoms with Crippen LogP contribution in [0.2, 0.25) is 0 Å². The molecular formula is C19H24OS. The van der Waals surface area contributed by atoms with Crippen LogP contribution in [0.1, 0.15) is 52.0 Å². The third-order valence-corrected chi connectivity index (χ3v) is 5.39. The Bertz CT molecular complexity index is 573. The van der Waals surface area contributed by atoms with Crippen molar-refractivity contribution in [3.8, 4) is 0 Å². The summed E-state index contributed by atoms with van der Waals surface area (Å²) in [5.74, 6) is 0.506. The molecule has 21 heavy (non-hydrogen) atoms. The van der Waals surface area contributed by atoms with Crippen molar-refractivity contribution in [2.75, 3.05) is 0 Å². The van der Waals surface area contributed by atoms with Gasteiger partial charge in [-0.2, -0.15) is 0 Å². The molecule has 0 aliphatic heterocycles. The van der Waals surface area contributed by atoms with Crippen molar-refractivity contribution in [2.24, 2.45) is 0 Å². The lowest BCUT2D eigenvalue weighted by Gasteiger charge is -2.21. The lowest BCUT2D eigenvalue weighted by Crippen LogP contribution is -2.03. The van der Waals surface area contributed by atoms with Gasteiger partial charge < -0.3 is 5.11 Å². The van der Waals surface area contributed by atoms with Crippen LogP contribution in [0.15, 0.2) is 58.2 Å². The number of allylic oxidation sites excluding steroid dienone is 3. The first kappa shape index (κ1) is 16.0. The summed E-state index contributed by atoms with van der Waals surface area (Å²) in [4.78, 5) is 2.24. The summed E-state index contributed by atoms with van der Waals surface area (Å²) < 4.78 is 0. The third kappa shape index (κ3) is 3.82. The molecule has 0 heterocycles. The van der Waals surface area contributed by atoms with Gasteiger partial charge in [0.1, 0.15) is 5.76 Å². The first-order valence-corrected chi connectivity index (χ1v) is 8.49. The predicted octanol–water partition coefficient (Wildman–Crippen LogP) is 6.46. The van der Waals surface area contributed by atoms with Gasteiger partial charge >= 0.3 is 0 Å². The molecule has 1 N–H and O–H groups in total. The summed E-state index contributed by atoms with van der Waals surface area (Å²) in [5.41, 5.74) is 3.79. The zero-order valence-corrected chi connectivity index (χ0v) is 14.0. The zero-order chi connectivity index (χ0) is 15.2. The van der Waals surface area contributed by atoms with E-state index in [4.69, 9.17) is 0 Å². The Kier molecular flexibility index (Phi) is 5.75. The van der Waals surface area contributed by atoms with E-state index in [0.717, 1.165) is 24.2 Å². The van der Waals surface area contributed by atoms with Crippen molar-refractivity contribution < 1.29 is 5.11 Å². The Morgan fingerprint density at radius 2 is 1.90 bits per heavy atom. The highest BCUT2D eigenvalue weighted by Gasteiger charge is 2.19. The Morgan fingerprint density at radius 1 is 1.24 bits per heavy atom. The van der Waals surface area contributed by atoms with Crippen LogP contribution in [-0.2, 0) is 0 Å². The van der Waals surface area contributed by atoms with Crippen LogP contribution >= 0.6 is 11.8 Å². The molecule has 0 unspecified atom stereocenters. The summed E-state index contributed by atoms with van der Waals surface area (Å²) in [6, 6.07) is 10.5. The van der Waals surface area contributed by atoms with Gasteiger partial charge in [0.25, 0.3) is 0 Å². The van der Waals surface area contributed by atoms with Gasteiger partial charge in [-0.3, -0.25) is 0 Å². The average Bonchev–Trinajstić information content (AvgIpc) is 2.46. The van der Waals surface area contributed by atoms with Gasteiger partial charge in [0.15, 0.2) is 0 Å². The molecule has 0 atom stereocenters. The van der Waals surface area contributed by atoms with E-state index >= 15 is 0 Å². The molecule has 2 heteroatoms. The molecule has 0 bridgehead atoms. The maximum absolute atomic E-state index is 10.4. The summed E-state index contributed by atoms with van der Waals surface area (Å²) in [6.45, 7) is 6.36. The second kappa shape index (κ2) is 7.56. The zero-order valence-electron chi connectivity index (χ0n) is 13.1. The molecule has 0 amide bonds. The molecule has 112 valence electrons. The average molecular weight is 300 g/mol. The fourth-order valence-electron chi connectivity index (χ4n) is 2.26. The molecule has 0 radical (unpaired) electrons. The predicted molar refractivity (Wildman–Crippen MR) is 94.2 cm³/mol. The smallest absolute Gasteiger partial charge is 0.128 e. The SMILES string of the molecule is C/C=C(\SC(=C(C)CC)c1ccccc1)C(O)=C1CCC1. The molecular weight excluding hydrogens is 276 g/mol. The lowest BCUT2D eigenvalue weighted by molar-refractivity contribution is 0.404. The van der Waals surface area contributed by atoms with Crippen LogP contribution in [-0.4, -0.2) is 5.11 Å². The minimum Gasteiger partial charge on any atom is -0.507 e. The summed E-state index contributed by atoms with van der Waals surface area (Å²) in [5, 5.41) is 10.4. The van der Waals surface area contributed by atoms with Crippen LogP contribution in [0.4, 0.5) is 0 Å². The number of hydrogen-bond acceptors (Lipinski definition) is 2. The van der Waals surface area contributed by atoms with Gasteiger partial charge in [-0.15, -0.1) is 0 Å². The first-order valence-electron chi connectivity index (χ1n) is 7.68. The normalized spacial score (nSPS) is 16.3. The Hall–Kier alpha value is -1.41. The molecule has 1 fully saturated rings. The number of benzene rings is 1. The minimum atomic E-state index is 0.506. The molecule has 1 aromatic carbocycles. The van der Waals surface area contributed by atoms with Crippen LogP contribution in [0.5, 0.6) is 0 Å². The number of hydrogen-bond donors (Lipinski definition) is 1. The van der Waals surface area contributed by atoms with Gasteiger partial charge in [0.2, 0.25) is 0 Å². The molecule has 2 rings (SSSR count). The second-order valence-electron chi connectivity index (χ2n) is 5.39. The van der Waals surface area contributed by atoms with E-state index < -0.39 is 0 Å². The van der Waals surface area contributed by atoms with Crippen LogP contribution in [0.3, 0.4) is 0 Å². The lowest BCUT2D eigenvalue weighted by atomic mass is 9.91. The maximum atomic E-state index is 10.4. The number of rotatable bonds is 5. The van der Waals surface area contributed by atoms with Gasteiger partial charge in [-0.25, -0.2) is 0 Å². The molecule has 0 saturated heterocycles. The highest BCUT2D eigenvalue weighted by Crippen LogP contribution is 2.42. The van der Waals surface area contributed by atoms with Crippen molar-refractivity contribution in [2.45, 2.75) is 46.5 Å². The fraction of sp³-hybridized carbons (Fsp3) is 0.368. The van der Waals surface area contributed by atoms with E-state index in [9.17, 15) is 5.11 Å². The van der Waals surface area contributed by atoms with E-state index in [1.165, 1.54) is 28.0 Å². The van der Waals surface area contributed by atoms with Crippen molar-refractivity contribution >= 4 is 16.7 Å². The Labute approximate surface area is 132 Å². The van der Waals surface area contributed by atoms with Gasteiger partial charge in [0.05, 0.1) is 0 Å². The van der Waals surface area contributed by atoms with Gasteiger partial charge in [0, 0.05) is 9.81 Å². The fourth-order valence-corrected chi connectivity index (χ4v) is 3.41. The van der Waals surface area contributed by atoms with Crippen LogP contribution in [0, 0.1) is 0 Å². The van der Waals surface area contributed by atoms with E-state index in [0.29, 0.717) is 5.76 Å². The second-order valence-corrected chi connectivity index (χ2v) is 6.44. The Balaban J connectivity index is 2.32. The van der Waals surface area contributed by atoms with E-state index in [2.05, 4.69) is 38.1 Å². The van der Waals surface area contributed by atoms with Crippen molar-refractivity contribution in [1.82, 2.24) is 0 Å². The highest BCUT2D eigenvalue weighted by atomic mass is 32.2. The summed E-state index contributed by atoms with van der Waals surface area (Å²) in [6.07, 6.45) is 6.33. The standard InChI is InChI=1S/C19H24OS/c1-4-14(3)19(16-10-7-6-8-11-16)21-17(5-2)18(20)15-12-9-13-15/h5-8,10-11,20H,4,9,12-13H2,1-3H3/b17-5-,19-14?. The van der Waals surface area contributed by atoms with Crippen molar-refractivity contribution in [1.29, 1.82) is 0 Å². The van der Waals surface area contributed by atoms with Gasteiger partial charge in [-0.1, -0.05) is 60.7 Å². The van der Waals surface area contributed by atoms with Gasteiger partial charge in [-0.05, 0) is 50.7 Å². The molecule has 1 aliphatic rings. The monoisotopic (exact) mass is 300 g/mol. The molecule has 1 nitrogen and oxygen atoms in total. The number of thioether (sulfide) groups is 1. The maximum Gasteiger partial charge on any atom is 0.128 e. The molecule has 0 aromatic heterocycles. The molecule has 1 aromatic rings. The quantitative estimate of drug-likeness (QED) is 0.630. The van der Waals surface area contributed by atoms with E-state index in [1.807, 2.05) is 19.1 Å². The topological polar surface area (TPSA) is 20.2 Å². The largest absolute Gasteiger partial charge is 0.507 e. The number of aliphatic hydroxyl groups excluding tert-OH is 1. The number of aliphatic hydroxyl groups is 1. The molecule has 1 saturated carbocycles. The van der Waals surface area contributed by atoms with Crippen LogP contribution in [0.25, 0.3) is 4.91 Å². The van der Waals surface area contributed by atoms with E-state index in [-0.39, 0.29) is 0 Å². The highest BCUT2D eigenvalue weighted by molar-refractivity contribution is 8.12. The van der Waals surface area contributed by atoms with E-state index in [1.54, 1.807) is 11.8 Å². The van der Waals surface area contributed by atoms with Crippen LogP contribution < -0.4 is 0 Å². The minimum absolute atomic E-state index is 0.506. The molecule has 1 aliphatic carbocycles. The third-order valence-electron chi connectivity index (χ3n) is 3.95. The Morgan fingerprint density at radius 3 is 2.38 bits per heavy atom. The summed E-state index contributed by atoms with van der Waals surface area (Å²) >= 11 is 1.69.